The highest BCUT2D eigenvalue weighted by Crippen LogP contribution is 2.31. The normalized spacial score (nSPS) is 7.93. The number of benzene rings is 3. The fourth-order valence-corrected chi connectivity index (χ4v) is 4.20. The monoisotopic (exact) mass is 581 g/mol. The van der Waals surface area contributed by atoms with Crippen LogP contribution in [0.2, 0.25) is 0 Å². The van der Waals surface area contributed by atoms with Crippen LogP contribution < -0.4 is 4.74 Å². The molecule has 3 heteroatoms. The van der Waals surface area contributed by atoms with Crippen molar-refractivity contribution < 1.29 is 9.84 Å². The van der Waals surface area contributed by atoms with Crippen LogP contribution in [0.4, 0.5) is 0 Å². The highest BCUT2D eigenvalue weighted by atomic mass is 16.5. The molecule has 0 saturated carbocycles. The van der Waals surface area contributed by atoms with Gasteiger partial charge in [-0.1, -0.05) is 30.3 Å². The van der Waals surface area contributed by atoms with Gasteiger partial charge in [0.2, 0.25) is 0 Å². The Balaban J connectivity index is 1.34. The van der Waals surface area contributed by atoms with E-state index in [0.29, 0.717) is 12.3 Å². The fraction of sp³-hybridized carbons (Fsp3) is 0.0698. The van der Waals surface area contributed by atoms with Gasteiger partial charge in [-0.05, 0) is 101 Å². The van der Waals surface area contributed by atoms with E-state index >= 15 is 0 Å². The highest BCUT2D eigenvalue weighted by molar-refractivity contribution is 6.08. The maximum atomic E-state index is 9.63. The van der Waals surface area contributed by atoms with Gasteiger partial charge in [0.05, 0.1) is 6.61 Å². The van der Waals surface area contributed by atoms with Crippen LogP contribution in [0, 0.1) is 138 Å². The first kappa shape index (κ1) is 31.3. The maximum absolute atomic E-state index is 9.63. The van der Waals surface area contributed by atoms with Gasteiger partial charge in [0, 0.05) is 99.4 Å². The van der Waals surface area contributed by atoms with Crippen LogP contribution in [-0.2, 0) is 13.2 Å². The van der Waals surface area contributed by atoms with E-state index in [1.165, 1.54) is 0 Å². The second kappa shape index (κ2) is 17.4. The summed E-state index contributed by atoms with van der Waals surface area (Å²) in [6.45, 7) is 2.66. The molecule has 0 aliphatic rings. The zero-order valence-electron chi connectivity index (χ0n) is 24.6. The second-order valence-corrected chi connectivity index (χ2v) is 8.99. The number of terminal acetylenes is 1. The van der Waals surface area contributed by atoms with E-state index in [-0.39, 0.29) is 6.61 Å². The van der Waals surface area contributed by atoms with Crippen LogP contribution in [0.15, 0.2) is 60.7 Å². The van der Waals surface area contributed by atoms with Gasteiger partial charge >= 0.3 is 0 Å². The Hall–Kier alpha value is -7.62. The van der Waals surface area contributed by atoms with E-state index in [4.69, 9.17) is 11.2 Å². The number of para-hydroxylation sites is 1. The molecule has 3 aromatic carbocycles. The largest absolute Gasteiger partial charge is 0.407 e. The molecule has 0 amide bonds. The third-order valence-corrected chi connectivity index (χ3v) is 5.89. The highest BCUT2D eigenvalue weighted by Gasteiger charge is 2.12. The number of rotatable bonds is 4. The first-order chi connectivity index (χ1) is 22.7. The molecular formula is C43H19NO2. The lowest BCUT2D eigenvalue weighted by Crippen LogP contribution is -2.00. The van der Waals surface area contributed by atoms with Crippen LogP contribution >= 0.6 is 0 Å². The van der Waals surface area contributed by atoms with Crippen LogP contribution in [-0.4, -0.2) is 9.67 Å². The van der Waals surface area contributed by atoms with E-state index in [9.17, 15) is 5.11 Å². The molecule has 0 unspecified atom stereocenters. The van der Waals surface area contributed by atoms with E-state index in [1.807, 2.05) is 37.3 Å². The van der Waals surface area contributed by atoms with Crippen molar-refractivity contribution in [2.75, 3.05) is 0 Å². The molecule has 0 radical (unpaired) electrons. The van der Waals surface area contributed by atoms with Crippen molar-refractivity contribution in [3.8, 4) is 137 Å². The van der Waals surface area contributed by atoms with Crippen molar-refractivity contribution in [1.29, 1.82) is 0 Å². The van der Waals surface area contributed by atoms with E-state index in [2.05, 4.69) is 159 Å². The molecule has 1 N–H and O–H groups in total. The Morgan fingerprint density at radius 3 is 1.72 bits per heavy atom. The van der Waals surface area contributed by atoms with Gasteiger partial charge in [0.1, 0.15) is 11.9 Å². The molecule has 0 atom stereocenters. The van der Waals surface area contributed by atoms with Crippen molar-refractivity contribution in [1.82, 2.24) is 4.57 Å². The zero-order chi connectivity index (χ0) is 32.2. The summed E-state index contributed by atoms with van der Waals surface area (Å²) in [5.74, 6) is 50.7. The molecular weight excluding hydrogens is 562 g/mol. The number of hydrogen-bond donors (Lipinski definition) is 1. The maximum Gasteiger partial charge on any atom is 0.140 e. The third-order valence-electron chi connectivity index (χ3n) is 5.89. The summed E-state index contributed by atoms with van der Waals surface area (Å²) in [7, 11) is 0. The number of fused-ring (bicyclic) bond motifs is 3. The second-order valence-electron chi connectivity index (χ2n) is 8.99. The predicted octanol–water partition coefficient (Wildman–Crippen LogP) is 4.65. The third kappa shape index (κ3) is 9.46. The van der Waals surface area contributed by atoms with E-state index in [1.54, 1.807) is 0 Å². The molecule has 4 rings (SSSR count). The molecule has 0 aliphatic carbocycles. The van der Waals surface area contributed by atoms with Gasteiger partial charge < -0.3 is 14.4 Å². The van der Waals surface area contributed by atoms with Gasteiger partial charge in [-0.25, -0.2) is 0 Å². The summed E-state index contributed by atoms with van der Waals surface area (Å²) in [5, 5.41) is 11.9. The Kier molecular flexibility index (Phi) is 11.8. The number of aryl methyl sites for hydroxylation is 1. The van der Waals surface area contributed by atoms with Gasteiger partial charge in [-0.3, -0.25) is 0 Å². The number of aliphatic hydroxyl groups is 1. The fourth-order valence-electron chi connectivity index (χ4n) is 4.20. The minimum absolute atomic E-state index is 0.00509. The van der Waals surface area contributed by atoms with Crippen molar-refractivity contribution in [2.24, 2.45) is 0 Å². The van der Waals surface area contributed by atoms with E-state index in [0.717, 1.165) is 38.5 Å². The van der Waals surface area contributed by atoms with Crippen molar-refractivity contribution in [3.63, 3.8) is 0 Å². The number of aliphatic hydroxyl groups excluding tert-OH is 1. The quantitative estimate of drug-likeness (QED) is 0.357. The average molecular weight is 582 g/mol. The predicted molar refractivity (Wildman–Crippen MR) is 183 cm³/mol. The van der Waals surface area contributed by atoms with Crippen molar-refractivity contribution >= 4 is 21.8 Å². The summed E-state index contributed by atoms with van der Waals surface area (Å²) in [6.07, 6.45) is 7.57. The molecule has 3 nitrogen and oxygen atoms in total. The summed E-state index contributed by atoms with van der Waals surface area (Å²) in [4.78, 5) is 0. The van der Waals surface area contributed by atoms with Crippen LogP contribution in [0.3, 0.4) is 0 Å². The molecule has 0 aliphatic heterocycles. The molecule has 1 heterocycles. The van der Waals surface area contributed by atoms with Crippen molar-refractivity contribution in [3.05, 3.63) is 77.4 Å². The molecule has 208 valence electrons. The average Bonchev–Trinajstić information content (AvgIpc) is 3.37. The lowest BCUT2D eigenvalue weighted by atomic mass is 10.1. The minimum Gasteiger partial charge on any atom is -0.407 e. The van der Waals surface area contributed by atoms with Crippen LogP contribution in [0.25, 0.3) is 21.8 Å². The van der Waals surface area contributed by atoms with E-state index < -0.39 is 0 Å². The number of nitrogens with zero attached hydrogens (tertiary/aromatic N) is 1. The first-order valence-electron chi connectivity index (χ1n) is 13.5. The molecule has 1 aromatic heterocycles. The topological polar surface area (TPSA) is 34.4 Å². The number of aromatic nitrogens is 1. The van der Waals surface area contributed by atoms with Crippen molar-refractivity contribution in [2.45, 2.75) is 20.1 Å². The summed E-state index contributed by atoms with van der Waals surface area (Å²) < 4.78 is 7.92. The Morgan fingerprint density at radius 1 is 0.587 bits per heavy atom. The summed E-state index contributed by atoms with van der Waals surface area (Å²) in [6, 6.07) is 20.4. The van der Waals surface area contributed by atoms with Crippen LogP contribution in [0.5, 0.6) is 5.75 Å². The Labute approximate surface area is 269 Å². The summed E-state index contributed by atoms with van der Waals surface area (Å²) in [5.41, 5.74) is 5.23. The number of ether oxygens (including phenoxy) is 1. The summed E-state index contributed by atoms with van der Waals surface area (Å²) >= 11 is 0. The molecule has 0 bridgehead atoms. The Morgan fingerprint density at radius 2 is 1.13 bits per heavy atom. The SMILES string of the molecule is C#CC#CC#CC#CC#CC#CC#CC#CC#CC#CC#COc1cc(C)cc(Cn2c3ccccc3c3cc(CO)ccc32)c1. The lowest BCUT2D eigenvalue weighted by Gasteiger charge is -2.10. The van der Waals surface area contributed by atoms with Gasteiger partial charge in [-0.2, -0.15) is 0 Å². The lowest BCUT2D eigenvalue weighted by molar-refractivity contribution is 0.282. The van der Waals surface area contributed by atoms with Crippen LogP contribution in [0.1, 0.15) is 16.7 Å². The minimum atomic E-state index is 0.00509. The molecule has 0 fully saturated rings. The molecule has 0 saturated heterocycles. The Bertz CT molecular complexity index is 2540. The molecule has 46 heavy (non-hydrogen) atoms. The van der Waals surface area contributed by atoms with Gasteiger partial charge in [-0.15, -0.1) is 6.42 Å². The van der Waals surface area contributed by atoms with Gasteiger partial charge in [0.15, 0.2) is 0 Å². The van der Waals surface area contributed by atoms with Gasteiger partial charge in [0.25, 0.3) is 0 Å². The molecule has 0 spiro atoms. The number of hydrogen-bond acceptors (Lipinski definition) is 2. The molecule has 4 aromatic rings. The smallest absolute Gasteiger partial charge is 0.140 e. The zero-order valence-corrected chi connectivity index (χ0v) is 24.6. The first-order valence-corrected chi connectivity index (χ1v) is 13.5. The standard InChI is InChI=1S/C43H19NO2/c1-3-4-5-6-7-8-9-10-11-12-13-14-15-16-17-18-19-20-21-24-29-46-39-31-36(2)30-38(32-39)34-44-42-26-23-22-25-40(42)41-33-37(35-45)27-28-43(41)44/h1,22-23,25-28,30-33,45H,34-35H2,2H3.